The highest BCUT2D eigenvalue weighted by Crippen LogP contribution is 2.26. The second-order valence-electron chi connectivity index (χ2n) is 6.80. The zero-order valence-corrected chi connectivity index (χ0v) is 13.2. The van der Waals surface area contributed by atoms with E-state index in [1.165, 1.54) is 0 Å². The van der Waals surface area contributed by atoms with Crippen LogP contribution in [0.1, 0.15) is 58.1 Å². The molecule has 5 nitrogen and oxygen atoms in total. The van der Waals surface area contributed by atoms with Crippen molar-refractivity contribution in [1.82, 2.24) is 25.2 Å². The van der Waals surface area contributed by atoms with Crippen molar-refractivity contribution < 1.29 is 0 Å². The molecule has 0 amide bonds. The second kappa shape index (κ2) is 4.67. The third-order valence-corrected chi connectivity index (χ3v) is 4.02. The number of thiazole rings is 1. The summed E-state index contributed by atoms with van der Waals surface area (Å²) in [4.78, 5) is 4.68. The molecule has 2 heterocycles. The van der Waals surface area contributed by atoms with Crippen LogP contribution in [-0.4, -0.2) is 25.2 Å². The Bertz CT molecular complexity index is 556. The number of nitrogens with zero attached hydrogens (tertiary/aromatic N) is 5. The molecular weight excluding hydrogens is 258 g/mol. The van der Waals surface area contributed by atoms with Crippen LogP contribution in [0.2, 0.25) is 0 Å². The molecule has 0 spiro atoms. The van der Waals surface area contributed by atoms with Crippen LogP contribution in [0.3, 0.4) is 0 Å². The largest absolute Gasteiger partial charge is 0.244 e. The minimum Gasteiger partial charge on any atom is -0.244 e. The van der Waals surface area contributed by atoms with Gasteiger partial charge in [0.1, 0.15) is 0 Å². The van der Waals surface area contributed by atoms with Crippen molar-refractivity contribution >= 4 is 11.3 Å². The minimum atomic E-state index is -0.0631. The Hall–Kier alpha value is -1.30. The van der Waals surface area contributed by atoms with Crippen molar-refractivity contribution in [3.63, 3.8) is 0 Å². The summed E-state index contributed by atoms with van der Waals surface area (Å²) in [6.07, 6.45) is 0. The van der Waals surface area contributed by atoms with Crippen molar-refractivity contribution in [2.45, 2.75) is 58.9 Å². The maximum atomic E-state index is 4.68. The van der Waals surface area contributed by atoms with E-state index in [9.17, 15) is 0 Å². The third-order valence-electron chi connectivity index (χ3n) is 2.71. The van der Waals surface area contributed by atoms with Gasteiger partial charge in [0, 0.05) is 16.2 Å². The average molecular weight is 279 g/mol. The molecule has 2 aromatic rings. The van der Waals surface area contributed by atoms with Crippen molar-refractivity contribution in [1.29, 1.82) is 0 Å². The summed E-state index contributed by atoms with van der Waals surface area (Å²) in [7, 11) is 0. The number of hydrogen-bond donors (Lipinski definition) is 0. The molecule has 0 atom stereocenters. The fourth-order valence-corrected chi connectivity index (χ4v) is 2.62. The third kappa shape index (κ3) is 3.18. The van der Waals surface area contributed by atoms with Gasteiger partial charge in [0.25, 0.3) is 0 Å². The van der Waals surface area contributed by atoms with E-state index in [1.807, 2.05) is 4.68 Å². The highest BCUT2D eigenvalue weighted by molar-refractivity contribution is 7.09. The summed E-state index contributed by atoms with van der Waals surface area (Å²) in [6, 6.07) is 0. The van der Waals surface area contributed by atoms with Crippen LogP contribution < -0.4 is 0 Å². The van der Waals surface area contributed by atoms with Crippen LogP contribution >= 0.6 is 11.3 Å². The quantitative estimate of drug-likeness (QED) is 0.848. The van der Waals surface area contributed by atoms with Gasteiger partial charge in [0.05, 0.1) is 17.2 Å². The lowest BCUT2D eigenvalue weighted by Gasteiger charge is -2.16. The molecule has 0 bridgehead atoms. The van der Waals surface area contributed by atoms with Crippen LogP contribution in [0.4, 0.5) is 0 Å². The van der Waals surface area contributed by atoms with Crippen molar-refractivity contribution in [3.8, 4) is 0 Å². The van der Waals surface area contributed by atoms with Crippen LogP contribution in [0, 0.1) is 0 Å². The molecule has 104 valence electrons. The molecule has 0 unspecified atom stereocenters. The van der Waals surface area contributed by atoms with E-state index >= 15 is 0 Å². The molecule has 2 aromatic heterocycles. The second-order valence-corrected chi connectivity index (χ2v) is 7.66. The number of hydrogen-bond acceptors (Lipinski definition) is 5. The summed E-state index contributed by atoms with van der Waals surface area (Å²) in [5.74, 6) is 0.887. The van der Waals surface area contributed by atoms with E-state index < -0.39 is 0 Å². The zero-order chi connectivity index (χ0) is 14.3. The van der Waals surface area contributed by atoms with Crippen molar-refractivity contribution in [2.75, 3.05) is 0 Å². The first-order valence-corrected chi connectivity index (χ1v) is 7.27. The van der Waals surface area contributed by atoms with Gasteiger partial charge < -0.3 is 0 Å². The molecule has 0 fully saturated rings. The molecule has 2 rings (SSSR count). The first-order chi connectivity index (χ1) is 8.68. The zero-order valence-electron chi connectivity index (χ0n) is 12.4. The summed E-state index contributed by atoms with van der Waals surface area (Å²) in [5.41, 5.74) is 1.05. The Morgan fingerprint density at radius 2 is 1.79 bits per heavy atom. The minimum absolute atomic E-state index is 0.0631. The Morgan fingerprint density at radius 3 is 2.32 bits per heavy atom. The van der Waals surface area contributed by atoms with E-state index in [1.54, 1.807) is 11.3 Å². The molecule has 0 aliphatic carbocycles. The number of tetrazole rings is 1. The molecule has 0 radical (unpaired) electrons. The van der Waals surface area contributed by atoms with Gasteiger partial charge in [-0.3, -0.25) is 0 Å². The molecular formula is C13H21N5S. The van der Waals surface area contributed by atoms with Crippen LogP contribution in [-0.2, 0) is 17.4 Å². The van der Waals surface area contributed by atoms with E-state index in [-0.39, 0.29) is 10.8 Å². The topological polar surface area (TPSA) is 56.5 Å². The number of aromatic nitrogens is 5. The first kappa shape index (κ1) is 14.1. The normalized spacial score (nSPS) is 12.9. The number of rotatable bonds is 2. The van der Waals surface area contributed by atoms with Gasteiger partial charge in [-0.1, -0.05) is 41.5 Å². The van der Waals surface area contributed by atoms with Crippen LogP contribution in [0.5, 0.6) is 0 Å². The lowest BCUT2D eigenvalue weighted by atomic mass is 9.96. The molecule has 19 heavy (non-hydrogen) atoms. The molecule has 0 saturated carbocycles. The molecule has 0 aliphatic rings. The fraction of sp³-hybridized carbons (Fsp3) is 0.692. The Kier molecular flexibility index (Phi) is 3.47. The SMILES string of the molecule is CC(C)(C)c1nc(Cn2nnnc2C(C)(C)C)cs1. The average Bonchev–Trinajstić information content (AvgIpc) is 2.84. The maximum Gasteiger partial charge on any atom is 0.157 e. The summed E-state index contributed by atoms with van der Waals surface area (Å²) < 4.78 is 1.83. The van der Waals surface area contributed by atoms with Gasteiger partial charge in [-0.2, -0.15) is 0 Å². The Balaban J connectivity index is 2.23. The standard InChI is InChI=1S/C13H21N5S/c1-12(2,3)10-15-16-17-18(10)7-9-8-19-11(14-9)13(4,5)6/h8H,7H2,1-6H3. The summed E-state index contributed by atoms with van der Waals surface area (Å²) >= 11 is 1.70. The van der Waals surface area contributed by atoms with Gasteiger partial charge in [-0.15, -0.1) is 16.4 Å². The predicted molar refractivity (Wildman–Crippen MR) is 76.4 cm³/mol. The van der Waals surface area contributed by atoms with Crippen molar-refractivity contribution in [3.05, 3.63) is 21.9 Å². The summed E-state index contributed by atoms with van der Waals surface area (Å²) in [6.45, 7) is 13.5. The predicted octanol–water partition coefficient (Wildman–Crippen LogP) is 2.77. The lowest BCUT2D eigenvalue weighted by Crippen LogP contribution is -2.20. The first-order valence-electron chi connectivity index (χ1n) is 6.39. The van der Waals surface area contributed by atoms with Gasteiger partial charge >= 0.3 is 0 Å². The van der Waals surface area contributed by atoms with E-state index in [4.69, 9.17) is 0 Å². The molecule has 0 saturated heterocycles. The molecule has 0 aliphatic heterocycles. The van der Waals surface area contributed by atoms with Crippen LogP contribution in [0.25, 0.3) is 0 Å². The summed E-state index contributed by atoms with van der Waals surface area (Å²) in [5, 5.41) is 15.2. The van der Waals surface area contributed by atoms with E-state index in [0.29, 0.717) is 6.54 Å². The smallest absolute Gasteiger partial charge is 0.157 e. The Morgan fingerprint density at radius 1 is 1.11 bits per heavy atom. The monoisotopic (exact) mass is 279 g/mol. The fourth-order valence-electron chi connectivity index (χ4n) is 1.73. The molecule has 6 heteroatoms. The van der Waals surface area contributed by atoms with Gasteiger partial charge in [0.15, 0.2) is 5.82 Å². The van der Waals surface area contributed by atoms with Gasteiger partial charge in [-0.25, -0.2) is 9.67 Å². The lowest BCUT2D eigenvalue weighted by molar-refractivity contribution is 0.487. The van der Waals surface area contributed by atoms with Gasteiger partial charge in [0.2, 0.25) is 0 Å². The van der Waals surface area contributed by atoms with Gasteiger partial charge in [-0.05, 0) is 10.4 Å². The molecule has 0 aromatic carbocycles. The maximum absolute atomic E-state index is 4.68. The highest BCUT2D eigenvalue weighted by atomic mass is 32.1. The molecule has 0 N–H and O–H groups in total. The van der Waals surface area contributed by atoms with Crippen molar-refractivity contribution in [2.24, 2.45) is 0 Å². The highest BCUT2D eigenvalue weighted by Gasteiger charge is 2.23. The van der Waals surface area contributed by atoms with E-state index in [2.05, 4.69) is 67.4 Å². The van der Waals surface area contributed by atoms with E-state index in [0.717, 1.165) is 16.5 Å². The van der Waals surface area contributed by atoms with Crippen LogP contribution in [0.15, 0.2) is 5.38 Å². The Labute approximate surface area is 118 Å².